The molecule has 2 N–H and O–H groups in total. The zero-order valence-electron chi connectivity index (χ0n) is 25.2. The minimum Gasteiger partial charge on any atom is -0.327 e. The van der Waals surface area contributed by atoms with Crippen LogP contribution in [0.3, 0.4) is 0 Å². The zero-order valence-corrected chi connectivity index (χ0v) is 25.2. The SMILES string of the molecule is C=C(C)CN.C=CC(CC(C)CCCC)/C(=C/C=C(\C)c1ccccc1C#N)C(=C)CCCc1cccc(F)c1. The second-order valence-corrected chi connectivity index (χ2v) is 10.7. The minimum absolute atomic E-state index is 0.187. The molecule has 0 aliphatic carbocycles. The van der Waals surface area contributed by atoms with Gasteiger partial charge < -0.3 is 5.73 Å². The summed E-state index contributed by atoms with van der Waals surface area (Å²) < 4.78 is 13.5. The third kappa shape index (κ3) is 13.0. The summed E-state index contributed by atoms with van der Waals surface area (Å²) in [6, 6.07) is 16.8. The number of halogens is 1. The monoisotopic (exact) mass is 540 g/mol. The zero-order chi connectivity index (χ0) is 29.9. The molecule has 0 aromatic heterocycles. The summed E-state index contributed by atoms with van der Waals surface area (Å²) in [5.74, 6) is 0.637. The molecule has 0 radical (unpaired) electrons. The van der Waals surface area contributed by atoms with Gasteiger partial charge in [0, 0.05) is 12.5 Å². The molecular weight excluding hydrogens is 491 g/mol. The standard InChI is InChI=1S/C33H40FN.C4H9N/c1-6-8-13-25(3)22-29(7-2)33(21-20-27(5)32-19-10-9-17-30(32)24-35)26(4)14-11-15-28-16-12-18-31(34)23-28;1-4(2)3-5/h7,9-10,12,16-21,23,25,29H,2,4,6,8,11,13-15,22H2,1,3,5H3;1,3,5H2,2H3/b27-20+,33-21+;. The topological polar surface area (TPSA) is 49.8 Å². The molecule has 2 nitrogen and oxygen atoms in total. The van der Waals surface area contributed by atoms with Crippen LogP contribution in [0.5, 0.6) is 0 Å². The molecule has 3 heteroatoms. The van der Waals surface area contributed by atoms with Crippen molar-refractivity contribution in [3.63, 3.8) is 0 Å². The number of unbranched alkanes of at least 4 members (excludes halogenated alkanes) is 1. The molecule has 0 amide bonds. The lowest BCUT2D eigenvalue weighted by molar-refractivity contribution is 0.435. The highest BCUT2D eigenvalue weighted by Gasteiger charge is 2.17. The van der Waals surface area contributed by atoms with Crippen LogP contribution in [0.4, 0.5) is 4.39 Å². The number of nitriles is 1. The van der Waals surface area contributed by atoms with Gasteiger partial charge in [0.25, 0.3) is 0 Å². The van der Waals surface area contributed by atoms with Gasteiger partial charge in [-0.1, -0.05) is 106 Å². The Morgan fingerprint density at radius 3 is 2.38 bits per heavy atom. The third-order valence-corrected chi connectivity index (χ3v) is 6.97. The molecule has 2 atom stereocenters. The first-order valence-electron chi connectivity index (χ1n) is 14.4. The highest BCUT2D eigenvalue weighted by atomic mass is 19.1. The van der Waals surface area contributed by atoms with Crippen molar-refractivity contribution in [2.24, 2.45) is 17.6 Å². The fourth-order valence-corrected chi connectivity index (χ4v) is 4.53. The Bertz CT molecular complexity index is 1190. The molecule has 40 heavy (non-hydrogen) atoms. The van der Waals surface area contributed by atoms with E-state index in [-0.39, 0.29) is 11.7 Å². The molecule has 0 saturated carbocycles. The van der Waals surface area contributed by atoms with Gasteiger partial charge in [0.2, 0.25) is 0 Å². The van der Waals surface area contributed by atoms with Crippen molar-refractivity contribution in [3.8, 4) is 6.07 Å². The van der Waals surface area contributed by atoms with E-state index in [1.165, 1.54) is 30.9 Å². The second-order valence-electron chi connectivity index (χ2n) is 10.7. The molecule has 2 unspecified atom stereocenters. The van der Waals surface area contributed by atoms with Crippen molar-refractivity contribution in [2.45, 2.75) is 72.6 Å². The van der Waals surface area contributed by atoms with Crippen molar-refractivity contribution < 1.29 is 4.39 Å². The van der Waals surface area contributed by atoms with Gasteiger partial charge in [-0.2, -0.15) is 5.26 Å². The maximum atomic E-state index is 13.5. The molecular formula is C37H49FN2. The van der Waals surface area contributed by atoms with Gasteiger partial charge >= 0.3 is 0 Å². The predicted molar refractivity (Wildman–Crippen MR) is 172 cm³/mol. The normalized spacial score (nSPS) is 12.9. The summed E-state index contributed by atoms with van der Waals surface area (Å²) >= 11 is 0. The molecule has 0 aliphatic heterocycles. The van der Waals surface area contributed by atoms with Crippen LogP contribution >= 0.6 is 0 Å². The Kier molecular flexibility index (Phi) is 16.9. The van der Waals surface area contributed by atoms with E-state index in [2.05, 4.69) is 57.9 Å². The van der Waals surface area contributed by atoms with Crippen molar-refractivity contribution in [1.29, 1.82) is 5.26 Å². The van der Waals surface area contributed by atoms with Gasteiger partial charge in [-0.05, 0) is 85.9 Å². The summed E-state index contributed by atoms with van der Waals surface area (Å²) in [5.41, 5.74) is 12.1. The summed E-state index contributed by atoms with van der Waals surface area (Å²) in [5, 5.41) is 9.49. The molecule has 0 heterocycles. The highest BCUT2D eigenvalue weighted by Crippen LogP contribution is 2.31. The number of allylic oxidation sites excluding steroid dienone is 6. The molecule has 0 bridgehead atoms. The number of hydrogen-bond acceptors (Lipinski definition) is 2. The molecule has 0 saturated heterocycles. The molecule has 0 spiro atoms. The molecule has 2 aromatic carbocycles. The van der Waals surface area contributed by atoms with Crippen LogP contribution in [-0.4, -0.2) is 6.54 Å². The lowest BCUT2D eigenvalue weighted by Gasteiger charge is -2.23. The third-order valence-electron chi connectivity index (χ3n) is 6.97. The van der Waals surface area contributed by atoms with E-state index < -0.39 is 0 Å². The molecule has 0 aliphatic rings. The van der Waals surface area contributed by atoms with Crippen LogP contribution in [0.15, 0.2) is 103 Å². The predicted octanol–water partition coefficient (Wildman–Crippen LogP) is 10.1. The van der Waals surface area contributed by atoms with Crippen molar-refractivity contribution in [2.75, 3.05) is 6.54 Å². The Morgan fingerprint density at radius 1 is 1.07 bits per heavy atom. The maximum absolute atomic E-state index is 13.5. The second kappa shape index (κ2) is 19.6. The van der Waals surface area contributed by atoms with Crippen molar-refractivity contribution in [1.82, 2.24) is 0 Å². The van der Waals surface area contributed by atoms with Gasteiger partial charge in [0.15, 0.2) is 0 Å². The number of aryl methyl sites for hydroxylation is 1. The quantitative estimate of drug-likeness (QED) is 0.180. The Morgan fingerprint density at radius 2 is 1.77 bits per heavy atom. The van der Waals surface area contributed by atoms with Crippen molar-refractivity contribution in [3.05, 3.63) is 126 Å². The molecule has 214 valence electrons. The van der Waals surface area contributed by atoms with E-state index in [4.69, 9.17) is 5.73 Å². The van der Waals surface area contributed by atoms with E-state index in [0.29, 0.717) is 18.0 Å². The van der Waals surface area contributed by atoms with E-state index in [1.807, 2.05) is 44.2 Å². The number of nitrogens with zero attached hydrogens (tertiary/aromatic N) is 1. The summed E-state index contributed by atoms with van der Waals surface area (Å²) in [6.07, 6.45) is 13.6. The van der Waals surface area contributed by atoms with E-state index >= 15 is 0 Å². The van der Waals surface area contributed by atoms with Crippen molar-refractivity contribution >= 4 is 5.57 Å². The lowest BCUT2D eigenvalue weighted by Crippen LogP contribution is -2.09. The summed E-state index contributed by atoms with van der Waals surface area (Å²) in [6.45, 7) is 21.3. The first kappa shape index (κ1) is 34.5. The first-order chi connectivity index (χ1) is 19.2. The van der Waals surface area contributed by atoms with Crippen LogP contribution in [0, 0.1) is 29.0 Å². The average molecular weight is 541 g/mol. The van der Waals surface area contributed by atoms with E-state index in [0.717, 1.165) is 53.5 Å². The minimum atomic E-state index is -0.187. The number of rotatable bonds is 15. The smallest absolute Gasteiger partial charge is 0.123 e. The first-order valence-corrected chi connectivity index (χ1v) is 14.4. The van der Waals surface area contributed by atoms with Crippen LogP contribution in [-0.2, 0) is 6.42 Å². The van der Waals surface area contributed by atoms with Crippen LogP contribution in [0.25, 0.3) is 5.57 Å². The molecule has 2 aromatic rings. The summed E-state index contributed by atoms with van der Waals surface area (Å²) in [4.78, 5) is 0. The average Bonchev–Trinajstić information content (AvgIpc) is 2.95. The van der Waals surface area contributed by atoms with Gasteiger partial charge in [-0.3, -0.25) is 0 Å². The Hall–Kier alpha value is -3.48. The number of nitrogens with two attached hydrogens (primary N) is 1. The fourth-order valence-electron chi connectivity index (χ4n) is 4.53. The number of benzene rings is 2. The van der Waals surface area contributed by atoms with Gasteiger partial charge in [0.05, 0.1) is 11.6 Å². The fraction of sp³-hybridized carbons (Fsp3) is 0.378. The molecule has 2 rings (SSSR count). The van der Waals surface area contributed by atoms with Crippen LogP contribution in [0.2, 0.25) is 0 Å². The van der Waals surface area contributed by atoms with Crippen LogP contribution < -0.4 is 5.73 Å². The van der Waals surface area contributed by atoms with Gasteiger partial charge in [0.1, 0.15) is 5.82 Å². The lowest BCUT2D eigenvalue weighted by atomic mass is 9.82. The van der Waals surface area contributed by atoms with E-state index in [9.17, 15) is 9.65 Å². The van der Waals surface area contributed by atoms with Gasteiger partial charge in [-0.25, -0.2) is 4.39 Å². The maximum Gasteiger partial charge on any atom is 0.123 e. The Balaban J connectivity index is 0.00000146. The van der Waals surface area contributed by atoms with Crippen LogP contribution in [0.1, 0.15) is 82.9 Å². The molecule has 0 fully saturated rings. The van der Waals surface area contributed by atoms with Gasteiger partial charge in [-0.15, -0.1) is 6.58 Å². The Labute approximate surface area is 243 Å². The summed E-state index contributed by atoms with van der Waals surface area (Å²) in [7, 11) is 0. The largest absolute Gasteiger partial charge is 0.327 e. The van der Waals surface area contributed by atoms with E-state index in [1.54, 1.807) is 12.1 Å². The number of hydrogen-bond donors (Lipinski definition) is 1. The highest BCUT2D eigenvalue weighted by molar-refractivity contribution is 5.70.